The molecule has 7 nitrogen and oxygen atoms in total. The Balaban J connectivity index is 1.39. The number of carbonyl (C=O) groups is 2. The molecule has 8 heteroatoms. The van der Waals surface area contributed by atoms with E-state index in [4.69, 9.17) is 21.7 Å². The summed E-state index contributed by atoms with van der Waals surface area (Å²) in [5.74, 6) is 0.372. The number of carbonyl (C=O) groups excluding carboxylic acids is 2. The molecule has 3 rings (SSSR count). The third kappa shape index (κ3) is 7.62. The number of ether oxygens (including phenoxy) is 2. The molecule has 3 aromatic carbocycles. The Bertz CT molecular complexity index is 1080. The van der Waals surface area contributed by atoms with E-state index >= 15 is 0 Å². The van der Waals surface area contributed by atoms with Gasteiger partial charge in [0, 0.05) is 5.56 Å². The highest BCUT2D eigenvalue weighted by Gasteiger charge is 2.10. The molecule has 0 radical (unpaired) electrons. The molecule has 2 amide bonds. The zero-order chi connectivity index (χ0) is 23.6. The SMILES string of the molecule is CC(C)Oc1ccc(C(=O)NC(=S)NNC(=O)COc2ccc(-c3ccccc3)cc2)cc1. The van der Waals surface area contributed by atoms with Gasteiger partial charge in [0.05, 0.1) is 6.10 Å². The molecule has 0 atom stereocenters. The van der Waals surface area contributed by atoms with Crippen molar-refractivity contribution in [3.05, 3.63) is 84.4 Å². The lowest BCUT2D eigenvalue weighted by Gasteiger charge is -2.12. The van der Waals surface area contributed by atoms with E-state index in [0.717, 1.165) is 11.1 Å². The molecule has 3 N–H and O–H groups in total. The maximum absolute atomic E-state index is 12.3. The maximum Gasteiger partial charge on any atom is 0.276 e. The fraction of sp³-hybridized carbons (Fsp3) is 0.160. The van der Waals surface area contributed by atoms with Gasteiger partial charge in [0.25, 0.3) is 11.8 Å². The highest BCUT2D eigenvalue weighted by atomic mass is 32.1. The monoisotopic (exact) mass is 463 g/mol. The minimum atomic E-state index is -0.450. The van der Waals surface area contributed by atoms with Crippen molar-refractivity contribution in [2.24, 2.45) is 0 Å². The van der Waals surface area contributed by atoms with E-state index in [0.29, 0.717) is 17.1 Å². The number of rotatable bonds is 7. The molecule has 33 heavy (non-hydrogen) atoms. The maximum atomic E-state index is 12.3. The van der Waals surface area contributed by atoms with Gasteiger partial charge in [-0.3, -0.25) is 25.8 Å². The first-order valence-electron chi connectivity index (χ1n) is 10.4. The first kappa shape index (κ1) is 23.7. The Morgan fingerprint density at radius 1 is 0.818 bits per heavy atom. The molecule has 0 aromatic heterocycles. The van der Waals surface area contributed by atoms with Crippen molar-refractivity contribution >= 4 is 29.1 Å². The van der Waals surface area contributed by atoms with Crippen LogP contribution in [-0.4, -0.2) is 29.6 Å². The third-order valence-corrected chi connectivity index (χ3v) is 4.57. The van der Waals surface area contributed by atoms with Crippen molar-refractivity contribution < 1.29 is 19.1 Å². The number of hydrazine groups is 1. The zero-order valence-corrected chi connectivity index (χ0v) is 19.1. The molecule has 0 aliphatic rings. The predicted molar refractivity (Wildman–Crippen MR) is 131 cm³/mol. The summed E-state index contributed by atoms with van der Waals surface area (Å²) in [4.78, 5) is 24.3. The largest absolute Gasteiger partial charge is 0.491 e. The van der Waals surface area contributed by atoms with Crippen molar-refractivity contribution in [1.29, 1.82) is 0 Å². The van der Waals surface area contributed by atoms with Gasteiger partial charge in [-0.1, -0.05) is 42.5 Å². The summed E-state index contributed by atoms with van der Waals surface area (Å²) < 4.78 is 11.0. The Morgan fingerprint density at radius 2 is 1.42 bits per heavy atom. The van der Waals surface area contributed by atoms with Crippen LogP contribution in [-0.2, 0) is 4.79 Å². The van der Waals surface area contributed by atoms with E-state index in [1.54, 1.807) is 36.4 Å². The van der Waals surface area contributed by atoms with E-state index in [1.807, 2.05) is 56.3 Å². The molecule has 0 spiro atoms. The number of amides is 2. The highest BCUT2D eigenvalue weighted by Crippen LogP contribution is 2.22. The molecule has 170 valence electrons. The van der Waals surface area contributed by atoms with Gasteiger partial charge in [0.2, 0.25) is 0 Å². The molecule has 0 heterocycles. The predicted octanol–water partition coefficient (Wildman–Crippen LogP) is 3.86. The standard InChI is InChI=1S/C25H25N3O4S/c1-17(2)32-22-14-10-20(11-15-22)24(30)26-25(33)28-27-23(29)16-31-21-12-8-19(9-13-21)18-6-4-3-5-7-18/h3-15,17H,16H2,1-2H3,(H,27,29)(H2,26,28,30,33). The Labute approximate surface area is 198 Å². The van der Waals surface area contributed by atoms with Gasteiger partial charge in [-0.25, -0.2) is 0 Å². The van der Waals surface area contributed by atoms with Crippen LogP contribution in [0.15, 0.2) is 78.9 Å². The Hall–Kier alpha value is -3.91. The van der Waals surface area contributed by atoms with E-state index in [-0.39, 0.29) is 17.8 Å². The second kappa shape index (κ2) is 11.6. The third-order valence-electron chi connectivity index (χ3n) is 4.36. The topological polar surface area (TPSA) is 88.7 Å². The van der Waals surface area contributed by atoms with Crippen LogP contribution in [0.3, 0.4) is 0 Å². The van der Waals surface area contributed by atoms with Crippen LogP contribution in [0.5, 0.6) is 11.5 Å². The Morgan fingerprint density at radius 3 is 2.06 bits per heavy atom. The number of hydrogen-bond donors (Lipinski definition) is 3. The van der Waals surface area contributed by atoms with E-state index in [2.05, 4.69) is 16.2 Å². The minimum Gasteiger partial charge on any atom is -0.491 e. The second-order valence-electron chi connectivity index (χ2n) is 7.33. The summed E-state index contributed by atoms with van der Waals surface area (Å²) in [5, 5.41) is 2.45. The normalized spacial score (nSPS) is 10.3. The van der Waals surface area contributed by atoms with Crippen LogP contribution in [0.2, 0.25) is 0 Å². The molecule has 0 fully saturated rings. The molecule has 0 unspecified atom stereocenters. The van der Waals surface area contributed by atoms with Gasteiger partial charge < -0.3 is 9.47 Å². The minimum absolute atomic E-state index is 0.0388. The van der Waals surface area contributed by atoms with E-state index < -0.39 is 11.8 Å². The van der Waals surface area contributed by atoms with Gasteiger partial charge in [-0.15, -0.1) is 0 Å². The quantitative estimate of drug-likeness (QED) is 0.364. The van der Waals surface area contributed by atoms with Crippen molar-refractivity contribution in [3.63, 3.8) is 0 Å². The summed E-state index contributed by atoms with van der Waals surface area (Å²) in [5.41, 5.74) is 7.43. The molecular weight excluding hydrogens is 438 g/mol. The Kier molecular flexibility index (Phi) is 8.37. The van der Waals surface area contributed by atoms with Crippen molar-refractivity contribution in [2.75, 3.05) is 6.61 Å². The molecule has 0 saturated heterocycles. The molecular formula is C25H25N3O4S. The molecule has 0 aliphatic carbocycles. The van der Waals surface area contributed by atoms with Crippen LogP contribution in [0.1, 0.15) is 24.2 Å². The smallest absolute Gasteiger partial charge is 0.276 e. The second-order valence-corrected chi connectivity index (χ2v) is 7.73. The van der Waals surface area contributed by atoms with Gasteiger partial charge in [-0.05, 0) is 73.6 Å². The summed E-state index contributed by atoms with van der Waals surface area (Å²) >= 11 is 5.05. The van der Waals surface area contributed by atoms with Crippen LogP contribution < -0.4 is 25.6 Å². The number of benzene rings is 3. The number of nitrogens with one attached hydrogen (secondary N) is 3. The van der Waals surface area contributed by atoms with E-state index in [9.17, 15) is 9.59 Å². The summed E-state index contributed by atoms with van der Waals surface area (Å²) in [6.07, 6.45) is 0.0442. The molecule has 3 aromatic rings. The van der Waals surface area contributed by atoms with Gasteiger partial charge in [0.1, 0.15) is 11.5 Å². The van der Waals surface area contributed by atoms with E-state index in [1.165, 1.54) is 0 Å². The van der Waals surface area contributed by atoms with Crippen molar-refractivity contribution in [1.82, 2.24) is 16.2 Å². The lowest BCUT2D eigenvalue weighted by molar-refractivity contribution is -0.123. The van der Waals surface area contributed by atoms with Gasteiger partial charge in [0.15, 0.2) is 11.7 Å². The van der Waals surface area contributed by atoms with Gasteiger partial charge in [-0.2, -0.15) is 0 Å². The first-order chi connectivity index (χ1) is 15.9. The van der Waals surface area contributed by atoms with Crippen molar-refractivity contribution in [3.8, 4) is 22.6 Å². The fourth-order valence-electron chi connectivity index (χ4n) is 2.85. The van der Waals surface area contributed by atoms with Gasteiger partial charge >= 0.3 is 0 Å². The first-order valence-corrected chi connectivity index (χ1v) is 10.8. The summed E-state index contributed by atoms with van der Waals surface area (Å²) in [6.45, 7) is 3.63. The molecule has 0 aliphatic heterocycles. The number of thiocarbonyl (C=S) groups is 1. The summed E-state index contributed by atoms with van der Waals surface area (Å²) in [6, 6.07) is 24.1. The average Bonchev–Trinajstić information content (AvgIpc) is 2.82. The molecule has 0 bridgehead atoms. The van der Waals surface area contributed by atoms with Crippen LogP contribution in [0, 0.1) is 0 Å². The van der Waals surface area contributed by atoms with Crippen molar-refractivity contribution in [2.45, 2.75) is 20.0 Å². The fourth-order valence-corrected chi connectivity index (χ4v) is 2.99. The summed E-state index contributed by atoms with van der Waals surface area (Å²) in [7, 11) is 0. The number of hydrogen-bond acceptors (Lipinski definition) is 5. The zero-order valence-electron chi connectivity index (χ0n) is 18.3. The van der Waals surface area contributed by atoms with Crippen LogP contribution >= 0.6 is 12.2 Å². The lowest BCUT2D eigenvalue weighted by Crippen LogP contribution is -2.49. The lowest BCUT2D eigenvalue weighted by atomic mass is 10.1. The average molecular weight is 464 g/mol. The van der Waals surface area contributed by atoms with Crippen LogP contribution in [0.4, 0.5) is 0 Å². The highest BCUT2D eigenvalue weighted by molar-refractivity contribution is 7.80. The van der Waals surface area contributed by atoms with Crippen LogP contribution in [0.25, 0.3) is 11.1 Å². The molecule has 0 saturated carbocycles.